The van der Waals surface area contributed by atoms with Gasteiger partial charge in [-0.05, 0) is 12.8 Å². The summed E-state index contributed by atoms with van der Waals surface area (Å²) in [6, 6.07) is 0. The van der Waals surface area contributed by atoms with Crippen LogP contribution in [0.4, 0.5) is 0 Å². The summed E-state index contributed by atoms with van der Waals surface area (Å²) in [4.78, 5) is 10.2. The van der Waals surface area contributed by atoms with E-state index in [1.807, 2.05) is 6.92 Å². The topological polar surface area (TPSA) is 87.0 Å². The third kappa shape index (κ3) is 5.71. The van der Waals surface area contributed by atoms with E-state index < -0.39 is 11.4 Å². The number of hydrogen-bond acceptors (Lipinski definition) is 4. The van der Waals surface area contributed by atoms with Crippen LogP contribution in [0.5, 0.6) is 0 Å². The number of aliphatic hydroxyl groups excluding tert-OH is 2. The van der Waals surface area contributed by atoms with Gasteiger partial charge in [0.1, 0.15) is 0 Å². The fourth-order valence-corrected chi connectivity index (χ4v) is 1.08. The average Bonchev–Trinajstić information content (AvgIpc) is 2.24. The lowest BCUT2D eigenvalue weighted by atomic mass is 9.88. The first-order valence-electron chi connectivity index (χ1n) is 5.11. The Balaban J connectivity index is 3.67. The number of carbonyl (C=O) groups is 1. The SMILES string of the molecule is CCC(CO)(CO)COCCCC(=O)O. The molecule has 0 aromatic heterocycles. The molecule has 0 amide bonds. The zero-order valence-electron chi connectivity index (χ0n) is 9.11. The first-order chi connectivity index (χ1) is 7.10. The average molecular weight is 220 g/mol. The predicted octanol–water partition coefficient (Wildman–Crippen LogP) is 0.249. The molecular formula is C10H20O5. The van der Waals surface area contributed by atoms with Gasteiger partial charge in [-0.3, -0.25) is 4.79 Å². The van der Waals surface area contributed by atoms with Crippen molar-refractivity contribution < 1.29 is 24.9 Å². The minimum absolute atomic E-state index is 0.0807. The van der Waals surface area contributed by atoms with Crippen LogP contribution in [-0.4, -0.2) is 47.7 Å². The highest BCUT2D eigenvalue weighted by molar-refractivity contribution is 5.66. The Morgan fingerprint density at radius 2 is 1.93 bits per heavy atom. The van der Waals surface area contributed by atoms with Crippen molar-refractivity contribution in [3.63, 3.8) is 0 Å². The number of hydrogen-bond donors (Lipinski definition) is 3. The molecule has 0 bridgehead atoms. The first-order valence-corrected chi connectivity index (χ1v) is 5.11. The lowest BCUT2D eigenvalue weighted by molar-refractivity contribution is -0.137. The number of carboxylic acids is 1. The Kier molecular flexibility index (Phi) is 7.29. The van der Waals surface area contributed by atoms with Crippen LogP contribution in [0.25, 0.3) is 0 Å². The van der Waals surface area contributed by atoms with Gasteiger partial charge in [0.2, 0.25) is 0 Å². The molecule has 0 aliphatic carbocycles. The van der Waals surface area contributed by atoms with E-state index in [1.165, 1.54) is 0 Å². The van der Waals surface area contributed by atoms with Crippen molar-refractivity contribution in [3.05, 3.63) is 0 Å². The van der Waals surface area contributed by atoms with E-state index in [-0.39, 0.29) is 26.2 Å². The van der Waals surface area contributed by atoms with Crippen LogP contribution in [0.3, 0.4) is 0 Å². The molecule has 0 unspecified atom stereocenters. The van der Waals surface area contributed by atoms with Crippen molar-refractivity contribution in [2.24, 2.45) is 5.41 Å². The van der Waals surface area contributed by atoms with E-state index in [0.717, 1.165) is 0 Å². The molecule has 0 aromatic rings. The Hall–Kier alpha value is -0.650. The van der Waals surface area contributed by atoms with Gasteiger partial charge in [-0.1, -0.05) is 6.92 Å². The lowest BCUT2D eigenvalue weighted by Gasteiger charge is -2.27. The second-order valence-corrected chi connectivity index (χ2v) is 3.72. The molecule has 0 rings (SSSR count). The van der Waals surface area contributed by atoms with Crippen molar-refractivity contribution in [2.45, 2.75) is 26.2 Å². The minimum atomic E-state index is -0.843. The molecule has 0 aromatic carbocycles. The van der Waals surface area contributed by atoms with Crippen LogP contribution in [0.1, 0.15) is 26.2 Å². The van der Waals surface area contributed by atoms with Crippen molar-refractivity contribution in [3.8, 4) is 0 Å². The van der Waals surface area contributed by atoms with E-state index in [0.29, 0.717) is 19.4 Å². The van der Waals surface area contributed by atoms with E-state index >= 15 is 0 Å². The number of aliphatic carboxylic acids is 1. The molecular weight excluding hydrogens is 200 g/mol. The first kappa shape index (κ1) is 14.3. The predicted molar refractivity (Wildman–Crippen MR) is 54.6 cm³/mol. The van der Waals surface area contributed by atoms with Crippen LogP contribution < -0.4 is 0 Å². The summed E-state index contributed by atoms with van der Waals surface area (Å²) in [5, 5.41) is 26.5. The van der Waals surface area contributed by atoms with Crippen molar-refractivity contribution in [1.82, 2.24) is 0 Å². The quantitative estimate of drug-likeness (QED) is 0.485. The summed E-state index contributed by atoms with van der Waals surface area (Å²) < 4.78 is 5.24. The van der Waals surface area contributed by atoms with Crippen LogP contribution in [-0.2, 0) is 9.53 Å². The fraction of sp³-hybridized carbons (Fsp3) is 0.900. The third-order valence-corrected chi connectivity index (χ3v) is 2.51. The Labute approximate surface area is 89.7 Å². The van der Waals surface area contributed by atoms with Gasteiger partial charge < -0.3 is 20.1 Å². The number of carboxylic acid groups (broad SMARTS) is 1. The molecule has 0 aliphatic rings. The maximum Gasteiger partial charge on any atom is 0.303 e. The van der Waals surface area contributed by atoms with E-state index in [9.17, 15) is 4.79 Å². The number of ether oxygens (including phenoxy) is 1. The smallest absolute Gasteiger partial charge is 0.303 e. The van der Waals surface area contributed by atoms with Crippen molar-refractivity contribution in [2.75, 3.05) is 26.4 Å². The molecule has 90 valence electrons. The molecule has 0 saturated carbocycles. The monoisotopic (exact) mass is 220 g/mol. The van der Waals surface area contributed by atoms with Crippen molar-refractivity contribution in [1.29, 1.82) is 0 Å². The molecule has 15 heavy (non-hydrogen) atoms. The highest BCUT2D eigenvalue weighted by atomic mass is 16.5. The van der Waals surface area contributed by atoms with Gasteiger partial charge >= 0.3 is 5.97 Å². The van der Waals surface area contributed by atoms with Gasteiger partial charge in [0, 0.05) is 18.4 Å². The summed E-state index contributed by atoms with van der Waals surface area (Å²) in [5.41, 5.74) is -0.594. The maximum absolute atomic E-state index is 10.2. The minimum Gasteiger partial charge on any atom is -0.481 e. The van der Waals surface area contributed by atoms with Crippen LogP contribution in [0, 0.1) is 5.41 Å². The van der Waals surface area contributed by atoms with Crippen molar-refractivity contribution >= 4 is 5.97 Å². The van der Waals surface area contributed by atoms with Gasteiger partial charge in [0.25, 0.3) is 0 Å². The molecule has 5 nitrogen and oxygen atoms in total. The van der Waals surface area contributed by atoms with Gasteiger partial charge in [-0.2, -0.15) is 0 Å². The zero-order chi connectivity index (χ0) is 11.7. The van der Waals surface area contributed by atoms with E-state index in [1.54, 1.807) is 0 Å². The zero-order valence-corrected chi connectivity index (χ0v) is 9.11. The molecule has 5 heteroatoms. The summed E-state index contributed by atoms with van der Waals surface area (Å²) in [5.74, 6) is -0.843. The lowest BCUT2D eigenvalue weighted by Crippen LogP contribution is -2.34. The van der Waals surface area contributed by atoms with Gasteiger partial charge in [-0.25, -0.2) is 0 Å². The van der Waals surface area contributed by atoms with E-state index in [2.05, 4.69) is 0 Å². The molecule has 0 fully saturated rings. The summed E-state index contributed by atoms with van der Waals surface area (Å²) in [6.45, 7) is 2.22. The second kappa shape index (κ2) is 7.62. The highest BCUT2D eigenvalue weighted by Gasteiger charge is 2.26. The highest BCUT2D eigenvalue weighted by Crippen LogP contribution is 2.20. The van der Waals surface area contributed by atoms with Gasteiger partial charge in [0.15, 0.2) is 0 Å². The molecule has 0 radical (unpaired) electrons. The second-order valence-electron chi connectivity index (χ2n) is 3.72. The Bertz CT molecular complexity index is 168. The van der Waals surface area contributed by atoms with Crippen LogP contribution in [0.15, 0.2) is 0 Å². The number of aliphatic hydroxyl groups is 2. The largest absolute Gasteiger partial charge is 0.481 e. The van der Waals surface area contributed by atoms with Crippen LogP contribution >= 0.6 is 0 Å². The maximum atomic E-state index is 10.2. The van der Waals surface area contributed by atoms with Gasteiger partial charge in [0.05, 0.1) is 19.8 Å². The van der Waals surface area contributed by atoms with Crippen LogP contribution in [0.2, 0.25) is 0 Å². The molecule has 0 saturated heterocycles. The molecule has 0 heterocycles. The Morgan fingerprint density at radius 3 is 2.33 bits per heavy atom. The standard InChI is InChI=1S/C10H20O5/c1-2-10(6-11,7-12)8-15-5-3-4-9(13)14/h11-12H,2-8H2,1H3,(H,13,14). The number of rotatable bonds is 9. The summed E-state index contributed by atoms with van der Waals surface area (Å²) >= 11 is 0. The summed E-state index contributed by atoms with van der Waals surface area (Å²) in [7, 11) is 0. The normalized spacial score (nSPS) is 11.7. The molecule has 3 N–H and O–H groups in total. The van der Waals surface area contributed by atoms with Gasteiger partial charge in [-0.15, -0.1) is 0 Å². The Morgan fingerprint density at radius 1 is 1.33 bits per heavy atom. The molecule has 0 atom stereocenters. The fourth-order valence-electron chi connectivity index (χ4n) is 1.08. The summed E-state index contributed by atoms with van der Waals surface area (Å²) in [6.07, 6.45) is 1.16. The molecule has 0 aliphatic heterocycles. The van der Waals surface area contributed by atoms with E-state index in [4.69, 9.17) is 20.1 Å². The third-order valence-electron chi connectivity index (χ3n) is 2.51. The molecule has 0 spiro atoms.